The van der Waals surface area contributed by atoms with Crippen molar-refractivity contribution in [2.24, 2.45) is 0 Å². The van der Waals surface area contributed by atoms with Gasteiger partial charge in [0.1, 0.15) is 17.4 Å². The van der Waals surface area contributed by atoms with Crippen molar-refractivity contribution in [3.8, 4) is 0 Å². The van der Waals surface area contributed by atoms with Crippen LogP contribution < -0.4 is 4.72 Å². The Morgan fingerprint density at radius 2 is 2.22 bits per heavy atom. The number of sulfonamides is 1. The predicted octanol–water partition coefficient (Wildman–Crippen LogP) is 0.987. The van der Waals surface area contributed by atoms with Crippen LogP contribution in [-0.2, 0) is 23.1 Å². The van der Waals surface area contributed by atoms with E-state index in [1.165, 1.54) is 12.1 Å². The molecule has 0 aliphatic rings. The highest BCUT2D eigenvalue weighted by molar-refractivity contribution is 7.92. The molecule has 0 bridgehead atoms. The minimum absolute atomic E-state index is 0.182. The molecule has 0 saturated carbocycles. The van der Waals surface area contributed by atoms with Crippen LogP contribution >= 0.6 is 11.3 Å². The average Bonchev–Trinajstić information content (AvgIpc) is 2.96. The van der Waals surface area contributed by atoms with Gasteiger partial charge in [-0.3, -0.25) is 4.72 Å². The van der Waals surface area contributed by atoms with E-state index < -0.39 is 10.0 Å². The van der Waals surface area contributed by atoms with Crippen LogP contribution in [-0.4, -0.2) is 23.7 Å². The standard InChI is InChI=1S/C9H11N3O4S2/c1-2-7-10-11-9(17-7)12-18(14,15)8-4-3-6(5-13)16-8/h3-4,13H,2,5H2,1H3,(H,11,12). The second-order valence-electron chi connectivity index (χ2n) is 3.34. The second kappa shape index (κ2) is 5.04. The van der Waals surface area contributed by atoms with Gasteiger partial charge in [-0.25, -0.2) is 0 Å². The summed E-state index contributed by atoms with van der Waals surface area (Å²) in [5, 5.41) is 17.0. The maximum absolute atomic E-state index is 11.9. The highest BCUT2D eigenvalue weighted by atomic mass is 32.2. The Morgan fingerprint density at radius 1 is 1.44 bits per heavy atom. The van der Waals surface area contributed by atoms with Gasteiger partial charge in [0.25, 0.3) is 10.0 Å². The third-order valence-electron chi connectivity index (χ3n) is 2.05. The quantitative estimate of drug-likeness (QED) is 0.850. The van der Waals surface area contributed by atoms with Crippen molar-refractivity contribution < 1.29 is 17.9 Å². The van der Waals surface area contributed by atoms with Crippen LogP contribution in [0.5, 0.6) is 0 Å². The van der Waals surface area contributed by atoms with Crippen LogP contribution in [0.4, 0.5) is 5.13 Å². The Labute approximate surface area is 108 Å². The topological polar surface area (TPSA) is 105 Å². The van der Waals surface area contributed by atoms with E-state index >= 15 is 0 Å². The molecule has 0 aromatic carbocycles. The van der Waals surface area contributed by atoms with Gasteiger partial charge in [0, 0.05) is 0 Å². The van der Waals surface area contributed by atoms with Crippen molar-refractivity contribution in [3.05, 3.63) is 22.9 Å². The molecule has 2 N–H and O–H groups in total. The summed E-state index contributed by atoms with van der Waals surface area (Å²) in [4.78, 5) is 0. The second-order valence-corrected chi connectivity index (χ2v) is 6.01. The smallest absolute Gasteiger partial charge is 0.297 e. The summed E-state index contributed by atoms with van der Waals surface area (Å²) in [5.74, 6) is 0.182. The van der Waals surface area contributed by atoms with E-state index in [0.717, 1.165) is 16.3 Å². The Kier molecular flexibility index (Phi) is 3.64. The summed E-state index contributed by atoms with van der Waals surface area (Å²) in [7, 11) is -3.82. The van der Waals surface area contributed by atoms with Crippen LogP contribution in [0.25, 0.3) is 0 Å². The molecule has 7 nitrogen and oxygen atoms in total. The van der Waals surface area contributed by atoms with Gasteiger partial charge in [-0.15, -0.1) is 10.2 Å². The van der Waals surface area contributed by atoms with Crippen LogP contribution in [0, 0.1) is 0 Å². The zero-order valence-corrected chi connectivity index (χ0v) is 11.1. The zero-order valence-electron chi connectivity index (χ0n) is 9.45. The lowest BCUT2D eigenvalue weighted by molar-refractivity contribution is 0.236. The Morgan fingerprint density at radius 3 is 2.78 bits per heavy atom. The van der Waals surface area contributed by atoms with Crippen LogP contribution in [0.15, 0.2) is 21.6 Å². The fourth-order valence-corrected chi connectivity index (χ4v) is 3.05. The summed E-state index contributed by atoms with van der Waals surface area (Å²) in [5.41, 5.74) is 0. The maximum Gasteiger partial charge on any atom is 0.297 e. The number of anilines is 1. The van der Waals surface area contributed by atoms with Crippen LogP contribution in [0.1, 0.15) is 17.7 Å². The largest absolute Gasteiger partial charge is 0.445 e. The third-order valence-corrected chi connectivity index (χ3v) is 4.37. The molecule has 0 spiro atoms. The van der Waals surface area contributed by atoms with E-state index in [-0.39, 0.29) is 22.6 Å². The predicted molar refractivity (Wildman–Crippen MR) is 64.7 cm³/mol. The third kappa shape index (κ3) is 2.68. The molecule has 0 atom stereocenters. The Bertz CT molecular complexity index is 632. The van der Waals surface area contributed by atoms with E-state index in [2.05, 4.69) is 14.9 Å². The van der Waals surface area contributed by atoms with E-state index in [1.807, 2.05) is 6.92 Å². The molecular formula is C9H11N3O4S2. The highest BCUT2D eigenvalue weighted by Crippen LogP contribution is 2.21. The number of hydrogen-bond donors (Lipinski definition) is 2. The SMILES string of the molecule is CCc1nnc(NS(=O)(=O)c2ccc(CO)o2)s1. The van der Waals surface area contributed by atoms with Gasteiger partial charge in [-0.1, -0.05) is 18.3 Å². The molecule has 18 heavy (non-hydrogen) atoms. The average molecular weight is 289 g/mol. The van der Waals surface area contributed by atoms with Gasteiger partial charge < -0.3 is 9.52 Å². The van der Waals surface area contributed by atoms with Crippen molar-refractivity contribution >= 4 is 26.5 Å². The summed E-state index contributed by atoms with van der Waals surface area (Å²) in [6.45, 7) is 1.55. The number of aliphatic hydroxyl groups is 1. The van der Waals surface area contributed by atoms with E-state index in [9.17, 15) is 8.42 Å². The van der Waals surface area contributed by atoms with E-state index in [4.69, 9.17) is 9.52 Å². The van der Waals surface area contributed by atoms with Crippen LogP contribution in [0.3, 0.4) is 0 Å². The van der Waals surface area contributed by atoms with E-state index in [1.54, 1.807) is 0 Å². The lowest BCUT2D eigenvalue weighted by Crippen LogP contribution is -2.11. The molecular weight excluding hydrogens is 278 g/mol. The van der Waals surface area contributed by atoms with Gasteiger partial charge in [0.05, 0.1) is 0 Å². The first-order valence-corrected chi connectivity index (χ1v) is 7.40. The van der Waals surface area contributed by atoms with Crippen LogP contribution in [0.2, 0.25) is 0 Å². The normalized spacial score (nSPS) is 11.7. The minimum Gasteiger partial charge on any atom is -0.445 e. The molecule has 0 aliphatic carbocycles. The lowest BCUT2D eigenvalue weighted by Gasteiger charge is -2.00. The molecule has 9 heteroatoms. The number of nitrogens with zero attached hydrogens (tertiary/aromatic N) is 2. The number of aryl methyl sites for hydroxylation is 1. The molecule has 2 aromatic rings. The number of nitrogens with one attached hydrogen (secondary N) is 1. The minimum atomic E-state index is -3.82. The molecule has 98 valence electrons. The molecule has 2 rings (SSSR count). The first kappa shape index (κ1) is 13.0. The van der Waals surface area contributed by atoms with Crippen molar-refractivity contribution in [1.82, 2.24) is 10.2 Å². The van der Waals surface area contributed by atoms with Crippen molar-refractivity contribution in [2.45, 2.75) is 25.0 Å². The Hall–Kier alpha value is -1.45. The van der Waals surface area contributed by atoms with Crippen molar-refractivity contribution in [3.63, 3.8) is 0 Å². The molecule has 2 aromatic heterocycles. The summed E-state index contributed by atoms with van der Waals surface area (Å²) in [6, 6.07) is 2.67. The number of furan rings is 1. The van der Waals surface area contributed by atoms with Gasteiger partial charge in [-0.2, -0.15) is 8.42 Å². The molecule has 2 heterocycles. The van der Waals surface area contributed by atoms with Gasteiger partial charge in [0.15, 0.2) is 0 Å². The summed E-state index contributed by atoms with van der Waals surface area (Å²) < 4.78 is 31.0. The zero-order chi connectivity index (χ0) is 13.2. The summed E-state index contributed by atoms with van der Waals surface area (Å²) in [6.07, 6.45) is 0.689. The maximum atomic E-state index is 11.9. The van der Waals surface area contributed by atoms with Gasteiger partial charge >= 0.3 is 0 Å². The van der Waals surface area contributed by atoms with E-state index in [0.29, 0.717) is 6.42 Å². The lowest BCUT2D eigenvalue weighted by atomic mass is 10.5. The van der Waals surface area contributed by atoms with Crippen molar-refractivity contribution in [2.75, 3.05) is 4.72 Å². The Balaban J connectivity index is 2.21. The fraction of sp³-hybridized carbons (Fsp3) is 0.333. The van der Waals surface area contributed by atoms with Gasteiger partial charge in [0.2, 0.25) is 10.2 Å². The monoisotopic (exact) mass is 289 g/mol. The number of rotatable bonds is 5. The molecule has 0 unspecified atom stereocenters. The van der Waals surface area contributed by atoms with Gasteiger partial charge in [-0.05, 0) is 18.6 Å². The number of aromatic nitrogens is 2. The summed E-state index contributed by atoms with van der Waals surface area (Å²) >= 11 is 1.16. The molecule has 0 saturated heterocycles. The highest BCUT2D eigenvalue weighted by Gasteiger charge is 2.20. The molecule has 0 amide bonds. The number of hydrogen-bond acceptors (Lipinski definition) is 7. The first-order valence-electron chi connectivity index (χ1n) is 5.10. The number of aliphatic hydroxyl groups excluding tert-OH is 1. The molecule has 0 aliphatic heterocycles. The fourth-order valence-electron chi connectivity index (χ4n) is 1.19. The first-order chi connectivity index (χ1) is 8.55. The molecule has 0 fully saturated rings. The molecule has 0 radical (unpaired) electrons. The van der Waals surface area contributed by atoms with Crippen molar-refractivity contribution in [1.29, 1.82) is 0 Å².